The van der Waals surface area contributed by atoms with Gasteiger partial charge in [-0.25, -0.2) is 0 Å². The number of nitrogens with one attached hydrogen (secondary N) is 1. The normalized spacial score (nSPS) is 36.1. The largest absolute Gasteiger partial charge is 0.330 e. The van der Waals surface area contributed by atoms with E-state index in [0.29, 0.717) is 11.7 Å². The molecule has 0 aromatic carbocycles. The lowest BCUT2D eigenvalue weighted by Gasteiger charge is -2.56. The second-order valence-electron chi connectivity index (χ2n) is 9.15. The van der Waals surface area contributed by atoms with E-state index in [0.717, 1.165) is 60.0 Å². The summed E-state index contributed by atoms with van der Waals surface area (Å²) >= 11 is 3.03. The lowest BCUT2D eigenvalue weighted by atomic mass is 9.49. The number of hydrogen-bond donors (Lipinski definition) is 1. The van der Waals surface area contributed by atoms with Crippen LogP contribution in [0.4, 0.5) is 5.13 Å². The van der Waals surface area contributed by atoms with Crippen LogP contribution in [0.2, 0.25) is 0 Å². The van der Waals surface area contributed by atoms with Crippen LogP contribution in [0, 0.1) is 23.2 Å². The summed E-state index contributed by atoms with van der Waals surface area (Å²) in [5.74, 6) is 3.31. The number of carbonyl (C=O) groups excluding carboxylic acids is 2. The highest BCUT2D eigenvalue weighted by atomic mass is 32.2. The van der Waals surface area contributed by atoms with Crippen molar-refractivity contribution in [3.63, 3.8) is 0 Å². The smallest absolute Gasteiger partial charge is 0.249 e. The number of aromatic nitrogens is 2. The minimum absolute atomic E-state index is 0.0974. The van der Waals surface area contributed by atoms with Crippen molar-refractivity contribution in [2.75, 3.05) is 17.6 Å². The van der Waals surface area contributed by atoms with Crippen LogP contribution < -0.4 is 5.32 Å². The fourth-order valence-electron chi connectivity index (χ4n) is 6.59. The van der Waals surface area contributed by atoms with Crippen molar-refractivity contribution in [3.8, 4) is 0 Å². The van der Waals surface area contributed by atoms with E-state index in [9.17, 15) is 9.59 Å². The van der Waals surface area contributed by atoms with E-state index < -0.39 is 0 Å². The van der Waals surface area contributed by atoms with Crippen molar-refractivity contribution in [2.45, 2.75) is 68.7 Å². The Kier molecular flexibility index (Phi) is 4.90. The summed E-state index contributed by atoms with van der Waals surface area (Å²) in [7, 11) is 0. The highest BCUT2D eigenvalue weighted by Crippen LogP contribution is 2.60. The van der Waals surface area contributed by atoms with Gasteiger partial charge < -0.3 is 4.90 Å². The van der Waals surface area contributed by atoms with E-state index in [1.807, 2.05) is 4.90 Å². The summed E-state index contributed by atoms with van der Waals surface area (Å²) in [6.07, 6.45) is 8.79. The summed E-state index contributed by atoms with van der Waals surface area (Å²) in [6, 6.07) is -0.355. The van der Waals surface area contributed by atoms with E-state index in [1.165, 1.54) is 30.6 Å². The topological polar surface area (TPSA) is 75.2 Å². The standard InChI is InChI=1S/C20H28N4O2S2/c1-2-27-19-23-22-18(28-19)21-16(25)15-4-3-5-24(15)17(26)20-9-12-6-13(10-20)8-14(7-12)11-20/h12-15H,2-11H2,1H3,(H,21,22,25)/t12?,13?,14?,15-,20?/m1/s1. The van der Waals surface area contributed by atoms with Gasteiger partial charge in [-0.05, 0) is 74.9 Å². The second kappa shape index (κ2) is 7.27. The minimum atomic E-state index is -0.355. The Balaban J connectivity index is 1.29. The molecule has 1 aromatic heterocycles. The van der Waals surface area contributed by atoms with Crippen molar-refractivity contribution >= 4 is 40.0 Å². The van der Waals surface area contributed by atoms with E-state index in [4.69, 9.17) is 0 Å². The van der Waals surface area contributed by atoms with Gasteiger partial charge in [-0.3, -0.25) is 14.9 Å². The second-order valence-corrected chi connectivity index (χ2v) is 11.6. The van der Waals surface area contributed by atoms with Crippen molar-refractivity contribution < 1.29 is 9.59 Å². The van der Waals surface area contributed by atoms with E-state index in [-0.39, 0.29) is 23.3 Å². The molecule has 2 amide bonds. The van der Waals surface area contributed by atoms with Gasteiger partial charge in [0.15, 0.2) is 4.34 Å². The Bertz CT molecular complexity index is 745. The number of likely N-dealkylation sites (tertiary alicyclic amines) is 1. The maximum absolute atomic E-state index is 13.7. The Morgan fingerprint density at radius 2 is 1.86 bits per heavy atom. The first-order valence-corrected chi connectivity index (χ1v) is 12.4. The molecular formula is C20H28N4O2S2. The van der Waals surface area contributed by atoms with Gasteiger partial charge >= 0.3 is 0 Å². The number of rotatable bonds is 5. The number of anilines is 1. The molecule has 4 bridgehead atoms. The summed E-state index contributed by atoms with van der Waals surface area (Å²) in [5, 5.41) is 11.6. The Labute approximate surface area is 174 Å². The summed E-state index contributed by atoms with van der Waals surface area (Å²) < 4.78 is 0.866. The summed E-state index contributed by atoms with van der Waals surface area (Å²) in [4.78, 5) is 28.5. The molecule has 1 aromatic rings. The first-order chi connectivity index (χ1) is 13.6. The molecule has 28 heavy (non-hydrogen) atoms. The third-order valence-electron chi connectivity index (χ3n) is 7.21. The molecule has 0 spiro atoms. The molecule has 6 rings (SSSR count). The highest BCUT2D eigenvalue weighted by Gasteiger charge is 2.56. The van der Waals surface area contributed by atoms with E-state index in [1.54, 1.807) is 11.8 Å². The van der Waals surface area contributed by atoms with Crippen molar-refractivity contribution in [1.29, 1.82) is 0 Å². The van der Waals surface area contributed by atoms with Crippen LogP contribution in [0.5, 0.6) is 0 Å². The summed E-state index contributed by atoms with van der Waals surface area (Å²) in [6.45, 7) is 2.78. The molecule has 0 radical (unpaired) electrons. The molecule has 4 saturated carbocycles. The first kappa shape index (κ1) is 18.9. The molecule has 6 nitrogen and oxygen atoms in total. The predicted octanol–water partition coefficient (Wildman–Crippen LogP) is 3.80. The van der Waals surface area contributed by atoms with Crippen LogP contribution in [0.15, 0.2) is 4.34 Å². The third-order valence-corrected chi connectivity index (χ3v) is 9.07. The average molecular weight is 421 g/mol. The number of amides is 2. The molecule has 152 valence electrons. The molecule has 5 aliphatic rings. The van der Waals surface area contributed by atoms with Gasteiger partial charge in [-0.15, -0.1) is 10.2 Å². The van der Waals surface area contributed by atoms with Crippen LogP contribution in [0.3, 0.4) is 0 Å². The number of nitrogens with zero attached hydrogens (tertiary/aromatic N) is 3. The van der Waals surface area contributed by atoms with Gasteiger partial charge in [0.1, 0.15) is 6.04 Å². The molecule has 1 saturated heterocycles. The quantitative estimate of drug-likeness (QED) is 0.579. The number of hydrogen-bond acceptors (Lipinski definition) is 6. The Morgan fingerprint density at radius 1 is 1.18 bits per heavy atom. The van der Waals surface area contributed by atoms with Gasteiger partial charge in [0, 0.05) is 6.54 Å². The van der Waals surface area contributed by atoms with Crippen molar-refractivity contribution in [3.05, 3.63) is 0 Å². The predicted molar refractivity (Wildman–Crippen MR) is 110 cm³/mol. The summed E-state index contributed by atoms with van der Waals surface area (Å²) in [5.41, 5.74) is -0.175. The Morgan fingerprint density at radius 3 is 2.50 bits per heavy atom. The van der Waals surface area contributed by atoms with Gasteiger partial charge in [-0.1, -0.05) is 30.0 Å². The monoisotopic (exact) mass is 420 g/mol. The molecule has 1 aliphatic heterocycles. The van der Waals surface area contributed by atoms with Gasteiger partial charge in [-0.2, -0.15) is 0 Å². The number of carbonyl (C=O) groups is 2. The SMILES string of the molecule is CCSc1nnc(NC(=O)[C@H]2CCCN2C(=O)C23CC4CC(CC(C4)C2)C3)s1. The van der Waals surface area contributed by atoms with E-state index >= 15 is 0 Å². The number of thioether (sulfide) groups is 1. The fraction of sp³-hybridized carbons (Fsp3) is 0.800. The molecular weight excluding hydrogens is 392 g/mol. The molecule has 1 atom stereocenters. The van der Waals surface area contributed by atoms with Crippen LogP contribution in [-0.2, 0) is 9.59 Å². The maximum Gasteiger partial charge on any atom is 0.249 e. The van der Waals surface area contributed by atoms with Gasteiger partial charge in [0.2, 0.25) is 16.9 Å². The van der Waals surface area contributed by atoms with Gasteiger partial charge in [0.25, 0.3) is 0 Å². The first-order valence-electron chi connectivity index (χ1n) is 10.6. The lowest BCUT2D eigenvalue weighted by Crippen LogP contribution is -2.56. The third kappa shape index (κ3) is 3.26. The highest BCUT2D eigenvalue weighted by molar-refractivity contribution is 8.01. The Hall–Kier alpha value is -1.15. The van der Waals surface area contributed by atoms with E-state index in [2.05, 4.69) is 22.4 Å². The zero-order valence-corrected chi connectivity index (χ0v) is 18.0. The lowest BCUT2D eigenvalue weighted by molar-refractivity contribution is -0.160. The fourth-order valence-corrected chi connectivity index (χ4v) is 8.24. The minimum Gasteiger partial charge on any atom is -0.330 e. The zero-order valence-electron chi connectivity index (χ0n) is 16.4. The van der Waals surface area contributed by atoms with Crippen LogP contribution >= 0.6 is 23.1 Å². The molecule has 0 unspecified atom stereocenters. The maximum atomic E-state index is 13.7. The van der Waals surface area contributed by atoms with Crippen LogP contribution in [0.25, 0.3) is 0 Å². The molecule has 1 N–H and O–H groups in total. The molecule has 4 aliphatic carbocycles. The molecule has 2 heterocycles. The van der Waals surface area contributed by atoms with Crippen LogP contribution in [0.1, 0.15) is 58.3 Å². The zero-order chi connectivity index (χ0) is 19.3. The molecule has 8 heteroatoms. The van der Waals surface area contributed by atoms with Crippen LogP contribution in [-0.4, -0.2) is 45.3 Å². The average Bonchev–Trinajstić information content (AvgIpc) is 3.30. The van der Waals surface area contributed by atoms with Crippen molar-refractivity contribution in [2.24, 2.45) is 23.2 Å². The van der Waals surface area contributed by atoms with Crippen molar-refractivity contribution in [1.82, 2.24) is 15.1 Å². The molecule has 5 fully saturated rings. The van der Waals surface area contributed by atoms with Gasteiger partial charge in [0.05, 0.1) is 5.41 Å².